The molecule has 1 saturated heterocycles. The van der Waals surface area contributed by atoms with Crippen LogP contribution in [0, 0.1) is 0 Å². The summed E-state index contributed by atoms with van der Waals surface area (Å²) in [5.41, 5.74) is -1.03. The number of aromatic nitrogens is 2. The molecule has 148 valence electrons. The lowest BCUT2D eigenvalue weighted by Crippen LogP contribution is -2.36. The minimum Gasteiger partial charge on any atom is -0.478 e. The molecule has 0 radical (unpaired) electrons. The van der Waals surface area contributed by atoms with Crippen molar-refractivity contribution in [1.29, 1.82) is 0 Å². The van der Waals surface area contributed by atoms with E-state index in [9.17, 15) is 27.9 Å². The Labute approximate surface area is 158 Å². The van der Waals surface area contributed by atoms with Crippen molar-refractivity contribution in [1.82, 2.24) is 14.9 Å². The molecule has 10 heteroatoms. The Balaban J connectivity index is 1.76. The lowest BCUT2D eigenvalue weighted by atomic mass is 10.1. The monoisotopic (exact) mass is 394 g/mol. The minimum atomic E-state index is -4.56. The highest BCUT2D eigenvalue weighted by atomic mass is 19.4. The number of alkyl halides is 3. The molecule has 0 bridgehead atoms. The first-order valence-corrected chi connectivity index (χ1v) is 8.54. The van der Waals surface area contributed by atoms with Crippen LogP contribution < -0.4 is 4.90 Å². The standard InChI is InChI=1S/C18H17F3N4O3/c19-18(20,21)14-6-7-22-17(23-14)25-9-3-8-24(10-11-25)15(26)12-4-1-2-5-13(12)16(27)28/h1-2,4-7H,3,8-11H2,(H,27,28). The number of carboxylic acids is 1. The van der Waals surface area contributed by atoms with Gasteiger partial charge in [-0.3, -0.25) is 4.79 Å². The molecule has 1 fully saturated rings. The van der Waals surface area contributed by atoms with Gasteiger partial charge >= 0.3 is 12.1 Å². The number of amides is 1. The molecule has 0 spiro atoms. The molecule has 1 N–H and O–H groups in total. The predicted octanol–water partition coefficient (Wildman–Crippen LogP) is 2.55. The van der Waals surface area contributed by atoms with Crippen molar-refractivity contribution in [3.05, 3.63) is 53.3 Å². The molecule has 2 aromatic rings. The third-order valence-corrected chi connectivity index (χ3v) is 4.39. The number of hydrogen-bond donors (Lipinski definition) is 1. The Morgan fingerprint density at radius 2 is 1.71 bits per heavy atom. The maximum Gasteiger partial charge on any atom is 0.433 e. The lowest BCUT2D eigenvalue weighted by molar-refractivity contribution is -0.141. The minimum absolute atomic E-state index is 0.0462. The summed E-state index contributed by atoms with van der Waals surface area (Å²) in [5.74, 6) is -1.67. The van der Waals surface area contributed by atoms with Crippen molar-refractivity contribution >= 4 is 17.8 Å². The zero-order valence-electron chi connectivity index (χ0n) is 14.7. The van der Waals surface area contributed by atoms with Gasteiger partial charge < -0.3 is 14.9 Å². The van der Waals surface area contributed by atoms with Gasteiger partial charge in [-0.05, 0) is 24.6 Å². The Bertz CT molecular complexity index is 888. The summed E-state index contributed by atoms with van der Waals surface area (Å²) in [6.07, 6.45) is -3.02. The molecule has 2 heterocycles. The zero-order valence-corrected chi connectivity index (χ0v) is 14.7. The SMILES string of the molecule is O=C(O)c1ccccc1C(=O)N1CCCN(c2nccc(C(F)(F)F)n2)CC1. The molecule has 1 aromatic heterocycles. The first-order valence-electron chi connectivity index (χ1n) is 8.54. The van der Waals surface area contributed by atoms with Crippen molar-refractivity contribution in [2.75, 3.05) is 31.1 Å². The van der Waals surface area contributed by atoms with E-state index in [-0.39, 0.29) is 30.2 Å². The molecular formula is C18H17F3N4O3. The van der Waals surface area contributed by atoms with E-state index in [1.54, 1.807) is 11.0 Å². The average molecular weight is 394 g/mol. The second-order valence-corrected chi connectivity index (χ2v) is 6.22. The highest BCUT2D eigenvalue weighted by molar-refractivity contribution is 6.04. The Kier molecular flexibility index (Phi) is 5.48. The van der Waals surface area contributed by atoms with Gasteiger partial charge in [-0.15, -0.1) is 0 Å². The first-order chi connectivity index (χ1) is 13.3. The van der Waals surface area contributed by atoms with Crippen molar-refractivity contribution in [2.45, 2.75) is 12.6 Å². The van der Waals surface area contributed by atoms with Gasteiger partial charge in [-0.2, -0.15) is 13.2 Å². The molecule has 1 amide bonds. The van der Waals surface area contributed by atoms with Gasteiger partial charge in [0, 0.05) is 32.4 Å². The van der Waals surface area contributed by atoms with Crippen molar-refractivity contribution in [2.24, 2.45) is 0 Å². The molecule has 3 rings (SSSR count). The highest BCUT2D eigenvalue weighted by Gasteiger charge is 2.33. The molecular weight excluding hydrogens is 377 g/mol. The van der Waals surface area contributed by atoms with E-state index < -0.39 is 23.7 Å². The van der Waals surface area contributed by atoms with Crippen LogP contribution >= 0.6 is 0 Å². The van der Waals surface area contributed by atoms with E-state index in [2.05, 4.69) is 9.97 Å². The van der Waals surface area contributed by atoms with Gasteiger partial charge in [-0.25, -0.2) is 14.8 Å². The molecule has 7 nitrogen and oxygen atoms in total. The van der Waals surface area contributed by atoms with E-state index in [4.69, 9.17) is 0 Å². The highest BCUT2D eigenvalue weighted by Crippen LogP contribution is 2.28. The molecule has 0 saturated carbocycles. The van der Waals surface area contributed by atoms with E-state index in [1.165, 1.54) is 23.1 Å². The van der Waals surface area contributed by atoms with Crippen LogP contribution in [0.1, 0.15) is 32.8 Å². The zero-order chi connectivity index (χ0) is 20.3. The number of hydrogen-bond acceptors (Lipinski definition) is 5. The van der Waals surface area contributed by atoms with Gasteiger partial charge in [-0.1, -0.05) is 12.1 Å². The number of carbonyl (C=O) groups excluding carboxylic acids is 1. The van der Waals surface area contributed by atoms with Crippen LogP contribution in [0.5, 0.6) is 0 Å². The summed E-state index contributed by atoms with van der Waals surface area (Å²) in [6, 6.07) is 6.73. The van der Waals surface area contributed by atoms with E-state index in [1.807, 2.05) is 0 Å². The predicted molar refractivity (Wildman–Crippen MR) is 93.2 cm³/mol. The fraction of sp³-hybridized carbons (Fsp3) is 0.333. The van der Waals surface area contributed by atoms with Gasteiger partial charge in [0.2, 0.25) is 5.95 Å². The maximum atomic E-state index is 12.9. The third kappa shape index (κ3) is 4.21. The molecule has 28 heavy (non-hydrogen) atoms. The van der Waals surface area contributed by atoms with Crippen LogP contribution in [0.4, 0.5) is 19.1 Å². The number of rotatable bonds is 3. The number of carboxylic acid groups (broad SMARTS) is 1. The molecule has 1 aliphatic heterocycles. The van der Waals surface area contributed by atoms with Crippen molar-refractivity contribution < 1.29 is 27.9 Å². The molecule has 0 atom stereocenters. The smallest absolute Gasteiger partial charge is 0.433 e. The summed E-state index contributed by atoms with van der Waals surface area (Å²) in [6.45, 7) is 1.18. The average Bonchev–Trinajstić information content (AvgIpc) is 2.93. The van der Waals surface area contributed by atoms with Crippen LogP contribution in [0.15, 0.2) is 36.5 Å². The molecule has 1 aliphatic rings. The summed E-state index contributed by atoms with van der Waals surface area (Å²) in [7, 11) is 0. The van der Waals surface area contributed by atoms with Crippen LogP contribution in [-0.4, -0.2) is 58.0 Å². The second kappa shape index (κ2) is 7.83. The van der Waals surface area contributed by atoms with Gasteiger partial charge in [0.25, 0.3) is 5.91 Å². The summed E-state index contributed by atoms with van der Waals surface area (Å²) >= 11 is 0. The molecule has 1 aromatic carbocycles. The quantitative estimate of drug-likeness (QED) is 0.861. The van der Waals surface area contributed by atoms with E-state index in [0.717, 1.165) is 12.3 Å². The number of anilines is 1. The van der Waals surface area contributed by atoms with Crippen LogP contribution in [-0.2, 0) is 6.18 Å². The number of carbonyl (C=O) groups is 2. The van der Waals surface area contributed by atoms with Gasteiger partial charge in [0.1, 0.15) is 5.69 Å². The van der Waals surface area contributed by atoms with Crippen LogP contribution in [0.2, 0.25) is 0 Å². The number of aromatic carboxylic acids is 1. The third-order valence-electron chi connectivity index (χ3n) is 4.39. The lowest BCUT2D eigenvalue weighted by Gasteiger charge is -2.23. The summed E-state index contributed by atoms with van der Waals surface area (Å²) in [5, 5.41) is 9.26. The fourth-order valence-corrected chi connectivity index (χ4v) is 3.01. The fourth-order valence-electron chi connectivity index (χ4n) is 3.01. The Hall–Kier alpha value is -3.17. The van der Waals surface area contributed by atoms with E-state index >= 15 is 0 Å². The summed E-state index contributed by atoms with van der Waals surface area (Å²) < 4.78 is 38.6. The maximum absolute atomic E-state index is 12.9. The van der Waals surface area contributed by atoms with E-state index in [0.29, 0.717) is 19.5 Å². The normalized spacial score (nSPS) is 15.2. The van der Waals surface area contributed by atoms with Gasteiger partial charge in [0.15, 0.2) is 0 Å². The Morgan fingerprint density at radius 3 is 2.39 bits per heavy atom. The van der Waals surface area contributed by atoms with Gasteiger partial charge in [0.05, 0.1) is 11.1 Å². The van der Waals surface area contributed by atoms with Crippen LogP contribution in [0.3, 0.4) is 0 Å². The number of benzene rings is 1. The number of halogens is 3. The first kappa shape index (κ1) is 19.6. The molecule has 0 unspecified atom stereocenters. The van der Waals surface area contributed by atoms with Crippen LogP contribution in [0.25, 0.3) is 0 Å². The topological polar surface area (TPSA) is 86.6 Å². The number of nitrogens with zero attached hydrogens (tertiary/aromatic N) is 4. The van der Waals surface area contributed by atoms with Crippen molar-refractivity contribution in [3.63, 3.8) is 0 Å². The molecule has 0 aliphatic carbocycles. The Morgan fingerprint density at radius 1 is 1.00 bits per heavy atom. The second-order valence-electron chi connectivity index (χ2n) is 6.22. The largest absolute Gasteiger partial charge is 0.478 e. The van der Waals surface area contributed by atoms with Crippen molar-refractivity contribution in [3.8, 4) is 0 Å². The summed E-state index contributed by atoms with van der Waals surface area (Å²) in [4.78, 5) is 34.7.